The number of imidazole rings is 1. The van der Waals surface area contributed by atoms with Gasteiger partial charge in [0, 0.05) is 24.9 Å². The number of carbonyl (C=O) groups excluding carboxylic acids is 1. The predicted octanol–water partition coefficient (Wildman–Crippen LogP) is 0.426. The standard InChI is InChI=1S/C14H20N4O3S/c1-22(20,21)16-7-13-9-17(8-12-6-15-10-18(12)13)14(19)11-4-2-3-5-11/h4,6,10,13,16H,2-3,5,7-9H2,1H3. The smallest absolute Gasteiger partial charge is 0.249 e. The van der Waals surface area contributed by atoms with Crippen molar-refractivity contribution in [3.05, 3.63) is 29.9 Å². The lowest BCUT2D eigenvalue weighted by atomic mass is 10.1. The number of amides is 1. The maximum absolute atomic E-state index is 12.6. The van der Waals surface area contributed by atoms with Crippen molar-refractivity contribution in [3.8, 4) is 0 Å². The molecule has 1 aromatic rings. The fraction of sp³-hybridized carbons (Fsp3) is 0.571. The van der Waals surface area contributed by atoms with Crippen molar-refractivity contribution in [3.63, 3.8) is 0 Å². The number of hydrogen-bond acceptors (Lipinski definition) is 4. The van der Waals surface area contributed by atoms with E-state index in [-0.39, 0.29) is 18.5 Å². The second kappa shape index (κ2) is 5.85. The van der Waals surface area contributed by atoms with Crippen molar-refractivity contribution in [2.45, 2.75) is 31.8 Å². The average Bonchev–Trinajstić information content (AvgIpc) is 3.13. The van der Waals surface area contributed by atoms with Crippen molar-refractivity contribution in [1.82, 2.24) is 19.2 Å². The summed E-state index contributed by atoms with van der Waals surface area (Å²) in [5.74, 6) is 0.0642. The van der Waals surface area contributed by atoms with Crippen LogP contribution in [0.15, 0.2) is 24.2 Å². The highest BCUT2D eigenvalue weighted by Crippen LogP contribution is 2.25. The molecule has 3 rings (SSSR count). The van der Waals surface area contributed by atoms with Crippen molar-refractivity contribution < 1.29 is 13.2 Å². The topological polar surface area (TPSA) is 84.3 Å². The van der Waals surface area contributed by atoms with Crippen LogP contribution in [0.4, 0.5) is 0 Å². The van der Waals surface area contributed by atoms with Gasteiger partial charge in [-0.15, -0.1) is 0 Å². The van der Waals surface area contributed by atoms with Crippen molar-refractivity contribution >= 4 is 15.9 Å². The first kappa shape index (κ1) is 15.2. The fourth-order valence-electron chi connectivity index (χ4n) is 3.02. The average molecular weight is 324 g/mol. The lowest BCUT2D eigenvalue weighted by Gasteiger charge is -2.34. The van der Waals surface area contributed by atoms with Crippen molar-refractivity contribution in [2.24, 2.45) is 0 Å². The number of allylic oxidation sites excluding steroid dienone is 1. The molecular weight excluding hydrogens is 304 g/mol. The zero-order chi connectivity index (χ0) is 15.7. The minimum atomic E-state index is -3.26. The number of rotatable bonds is 4. The summed E-state index contributed by atoms with van der Waals surface area (Å²) < 4.78 is 27.1. The van der Waals surface area contributed by atoms with Crippen LogP contribution >= 0.6 is 0 Å². The van der Waals surface area contributed by atoms with Crippen LogP contribution in [-0.4, -0.2) is 48.1 Å². The molecule has 8 heteroatoms. The Morgan fingerprint density at radius 2 is 2.32 bits per heavy atom. The highest BCUT2D eigenvalue weighted by atomic mass is 32.2. The molecule has 2 aliphatic rings. The highest BCUT2D eigenvalue weighted by molar-refractivity contribution is 7.88. The van der Waals surface area contributed by atoms with E-state index in [1.165, 1.54) is 0 Å². The molecule has 1 N–H and O–H groups in total. The number of fused-ring (bicyclic) bond motifs is 1. The van der Waals surface area contributed by atoms with Gasteiger partial charge in [0.25, 0.3) is 0 Å². The van der Waals surface area contributed by atoms with Gasteiger partial charge >= 0.3 is 0 Å². The first-order chi connectivity index (χ1) is 10.4. The summed E-state index contributed by atoms with van der Waals surface area (Å²) in [6.45, 7) is 1.26. The van der Waals surface area contributed by atoms with Crippen LogP contribution in [0.25, 0.3) is 0 Å². The van der Waals surface area contributed by atoms with Crippen molar-refractivity contribution in [2.75, 3.05) is 19.3 Å². The van der Waals surface area contributed by atoms with Gasteiger partial charge in [0.1, 0.15) is 0 Å². The number of hydrogen-bond donors (Lipinski definition) is 1. The molecule has 0 fully saturated rings. The first-order valence-corrected chi connectivity index (χ1v) is 9.27. The van der Waals surface area contributed by atoms with Crippen LogP contribution in [-0.2, 0) is 21.4 Å². The van der Waals surface area contributed by atoms with Gasteiger partial charge in [0.2, 0.25) is 15.9 Å². The van der Waals surface area contributed by atoms with Crippen LogP contribution in [0.5, 0.6) is 0 Å². The predicted molar refractivity (Wildman–Crippen MR) is 81.5 cm³/mol. The fourth-order valence-corrected chi connectivity index (χ4v) is 3.51. The Labute approximate surface area is 130 Å². The molecule has 0 saturated heterocycles. The summed E-state index contributed by atoms with van der Waals surface area (Å²) in [5, 5.41) is 0. The summed E-state index contributed by atoms with van der Waals surface area (Å²) in [4.78, 5) is 18.5. The van der Waals surface area contributed by atoms with Gasteiger partial charge in [0.05, 0.1) is 30.9 Å². The Kier molecular flexibility index (Phi) is 4.05. The normalized spacial score (nSPS) is 21.6. The number of sulfonamides is 1. The number of aromatic nitrogens is 2. The van der Waals surface area contributed by atoms with E-state index in [1.54, 1.807) is 17.4 Å². The molecule has 1 aromatic heterocycles. The zero-order valence-electron chi connectivity index (χ0n) is 12.5. The largest absolute Gasteiger partial charge is 0.331 e. The van der Waals surface area contributed by atoms with E-state index in [1.807, 2.05) is 10.6 Å². The Balaban J connectivity index is 1.77. The maximum atomic E-state index is 12.6. The molecule has 2 heterocycles. The van der Waals surface area contributed by atoms with E-state index in [0.29, 0.717) is 13.1 Å². The van der Waals surface area contributed by atoms with E-state index >= 15 is 0 Å². The minimum Gasteiger partial charge on any atom is -0.331 e. The van der Waals surface area contributed by atoms with Gasteiger partial charge in [-0.25, -0.2) is 18.1 Å². The zero-order valence-corrected chi connectivity index (χ0v) is 13.3. The Bertz CT molecular complexity index is 707. The van der Waals surface area contributed by atoms with Crippen LogP contribution in [0.3, 0.4) is 0 Å². The van der Waals surface area contributed by atoms with Gasteiger partial charge < -0.3 is 9.47 Å². The second-order valence-corrected chi connectivity index (χ2v) is 7.71. The summed E-state index contributed by atoms with van der Waals surface area (Å²) in [7, 11) is -3.26. The molecule has 1 atom stereocenters. The monoisotopic (exact) mass is 324 g/mol. The highest BCUT2D eigenvalue weighted by Gasteiger charge is 2.30. The summed E-state index contributed by atoms with van der Waals surface area (Å²) in [6.07, 6.45) is 9.41. The minimum absolute atomic E-state index is 0.0642. The quantitative estimate of drug-likeness (QED) is 0.870. The van der Waals surface area contributed by atoms with Gasteiger partial charge in [-0.2, -0.15) is 0 Å². The van der Waals surface area contributed by atoms with Crippen molar-refractivity contribution in [1.29, 1.82) is 0 Å². The molecule has 7 nitrogen and oxygen atoms in total. The number of carbonyl (C=O) groups is 1. The Morgan fingerprint density at radius 1 is 1.50 bits per heavy atom. The number of nitrogens with one attached hydrogen (secondary N) is 1. The van der Waals surface area contributed by atoms with Gasteiger partial charge in [-0.1, -0.05) is 6.08 Å². The number of nitrogens with zero attached hydrogens (tertiary/aromatic N) is 3. The van der Waals surface area contributed by atoms with Gasteiger partial charge in [-0.3, -0.25) is 4.79 Å². The van der Waals surface area contributed by atoms with Crippen LogP contribution in [0.1, 0.15) is 31.0 Å². The molecule has 0 aromatic carbocycles. The molecule has 0 saturated carbocycles. The molecule has 1 aliphatic carbocycles. The molecule has 0 bridgehead atoms. The third kappa shape index (κ3) is 3.22. The van der Waals surface area contributed by atoms with Gasteiger partial charge in [-0.05, 0) is 19.3 Å². The van der Waals surface area contributed by atoms with E-state index in [0.717, 1.165) is 36.8 Å². The molecule has 1 aliphatic heterocycles. The van der Waals surface area contributed by atoms with Gasteiger partial charge in [0.15, 0.2) is 0 Å². The molecule has 120 valence electrons. The Morgan fingerprint density at radius 3 is 3.00 bits per heavy atom. The molecule has 0 radical (unpaired) electrons. The maximum Gasteiger partial charge on any atom is 0.249 e. The lowest BCUT2D eigenvalue weighted by Crippen LogP contribution is -2.44. The van der Waals surface area contributed by atoms with E-state index in [2.05, 4.69) is 9.71 Å². The molecule has 22 heavy (non-hydrogen) atoms. The third-order valence-electron chi connectivity index (χ3n) is 4.11. The summed E-state index contributed by atoms with van der Waals surface area (Å²) in [6, 6.07) is -0.132. The molecule has 1 unspecified atom stereocenters. The van der Waals surface area contributed by atoms with E-state index in [4.69, 9.17) is 0 Å². The van der Waals surface area contributed by atoms with E-state index < -0.39 is 10.0 Å². The Hall–Kier alpha value is -1.67. The van der Waals surface area contributed by atoms with Crippen LogP contribution < -0.4 is 4.72 Å². The van der Waals surface area contributed by atoms with E-state index in [9.17, 15) is 13.2 Å². The summed E-state index contributed by atoms with van der Waals surface area (Å²) >= 11 is 0. The molecule has 0 spiro atoms. The third-order valence-corrected chi connectivity index (χ3v) is 4.80. The summed E-state index contributed by atoms with van der Waals surface area (Å²) in [5.41, 5.74) is 1.81. The lowest BCUT2D eigenvalue weighted by molar-refractivity contribution is -0.129. The van der Waals surface area contributed by atoms with Crippen LogP contribution in [0, 0.1) is 0 Å². The molecular formula is C14H20N4O3S. The molecule has 1 amide bonds. The first-order valence-electron chi connectivity index (χ1n) is 7.38. The second-order valence-electron chi connectivity index (χ2n) is 5.87. The van der Waals surface area contributed by atoms with Crippen LogP contribution in [0.2, 0.25) is 0 Å². The SMILES string of the molecule is CS(=O)(=O)NCC1CN(C(=O)C2=CCCC2)Cc2cncn21.